The van der Waals surface area contributed by atoms with Crippen molar-refractivity contribution >= 4 is 50.7 Å². The van der Waals surface area contributed by atoms with E-state index in [1.54, 1.807) is 55.5 Å². The molecule has 0 bridgehead atoms. The van der Waals surface area contributed by atoms with Crippen LogP contribution in [0.15, 0.2) is 71.6 Å². The number of hydrogen-bond donors (Lipinski definition) is 1. The molecule has 3 aromatic rings. The molecule has 0 spiro atoms. The zero-order valence-electron chi connectivity index (χ0n) is 21.4. The molecule has 0 aliphatic heterocycles. The van der Waals surface area contributed by atoms with Crippen LogP contribution in [0.2, 0.25) is 10.0 Å². The minimum Gasteiger partial charge on any atom is -0.495 e. The van der Waals surface area contributed by atoms with Crippen molar-refractivity contribution in [2.75, 3.05) is 25.0 Å². The number of para-hydroxylation sites is 2. The molecule has 0 heterocycles. The first kappa shape index (κ1) is 29.3. The summed E-state index contributed by atoms with van der Waals surface area (Å²) in [6, 6.07) is 16.7. The average Bonchev–Trinajstić information content (AvgIpc) is 2.90. The van der Waals surface area contributed by atoms with Crippen LogP contribution < -0.4 is 14.4 Å². The summed E-state index contributed by atoms with van der Waals surface area (Å²) < 4.78 is 34.1. The molecule has 38 heavy (non-hydrogen) atoms. The molecule has 1 N–H and O–H groups in total. The predicted octanol–water partition coefficient (Wildman–Crippen LogP) is 4.67. The summed E-state index contributed by atoms with van der Waals surface area (Å²) in [6.45, 7) is 2.76. The Labute approximate surface area is 233 Å². The third-order valence-electron chi connectivity index (χ3n) is 6.01. The third-order valence-corrected chi connectivity index (χ3v) is 8.37. The summed E-state index contributed by atoms with van der Waals surface area (Å²) >= 11 is 12.4. The Morgan fingerprint density at radius 2 is 1.68 bits per heavy atom. The lowest BCUT2D eigenvalue weighted by Gasteiger charge is -2.32. The lowest BCUT2D eigenvalue weighted by atomic mass is 10.1. The smallest absolute Gasteiger partial charge is 0.264 e. The number of rotatable bonds is 10. The average molecular weight is 579 g/mol. The molecular weight excluding hydrogens is 549 g/mol. The second-order valence-corrected chi connectivity index (χ2v) is 11.3. The zero-order valence-corrected chi connectivity index (χ0v) is 23.8. The van der Waals surface area contributed by atoms with E-state index in [9.17, 15) is 18.0 Å². The Kier molecular flexibility index (Phi) is 9.65. The number of amides is 2. The number of methoxy groups -OCH3 is 1. The minimum atomic E-state index is -4.21. The summed E-state index contributed by atoms with van der Waals surface area (Å²) in [7, 11) is -1.33. The number of likely N-dealkylation sites (N-methyl/N-ethyl adjacent to an activating group) is 1. The van der Waals surface area contributed by atoms with Gasteiger partial charge in [0.05, 0.1) is 17.7 Å². The summed E-state index contributed by atoms with van der Waals surface area (Å²) in [5.41, 5.74) is 1.61. The molecule has 0 fully saturated rings. The normalized spacial score (nSPS) is 11.9. The fourth-order valence-corrected chi connectivity index (χ4v) is 5.70. The van der Waals surface area contributed by atoms with Crippen LogP contribution in [0.1, 0.15) is 18.1 Å². The van der Waals surface area contributed by atoms with Crippen molar-refractivity contribution in [1.29, 1.82) is 0 Å². The van der Waals surface area contributed by atoms with Gasteiger partial charge in [-0.25, -0.2) is 8.42 Å². The molecule has 2 amide bonds. The molecule has 11 heteroatoms. The maximum atomic E-state index is 13.9. The van der Waals surface area contributed by atoms with E-state index in [1.807, 2.05) is 6.92 Å². The van der Waals surface area contributed by atoms with Gasteiger partial charge in [0.1, 0.15) is 18.3 Å². The highest BCUT2D eigenvalue weighted by atomic mass is 35.5. The molecule has 1 atom stereocenters. The molecule has 3 rings (SSSR count). The van der Waals surface area contributed by atoms with Gasteiger partial charge in [-0.2, -0.15) is 0 Å². The Balaban J connectivity index is 2.09. The fourth-order valence-electron chi connectivity index (χ4n) is 3.81. The lowest BCUT2D eigenvalue weighted by molar-refractivity contribution is -0.139. The van der Waals surface area contributed by atoms with E-state index >= 15 is 0 Å². The van der Waals surface area contributed by atoms with Crippen LogP contribution in [0.3, 0.4) is 0 Å². The van der Waals surface area contributed by atoms with Crippen molar-refractivity contribution < 1.29 is 22.7 Å². The monoisotopic (exact) mass is 577 g/mol. The number of halogens is 2. The van der Waals surface area contributed by atoms with Crippen molar-refractivity contribution in [3.8, 4) is 5.75 Å². The number of ether oxygens (including phenoxy) is 1. The van der Waals surface area contributed by atoms with Crippen LogP contribution in [0.4, 0.5) is 5.69 Å². The maximum Gasteiger partial charge on any atom is 0.264 e. The number of aryl methyl sites for hydroxylation is 1. The van der Waals surface area contributed by atoms with Crippen molar-refractivity contribution in [2.24, 2.45) is 0 Å². The molecule has 202 valence electrons. The van der Waals surface area contributed by atoms with Crippen molar-refractivity contribution in [2.45, 2.75) is 31.3 Å². The van der Waals surface area contributed by atoms with Gasteiger partial charge in [0.25, 0.3) is 10.0 Å². The Morgan fingerprint density at radius 1 is 1.03 bits per heavy atom. The van der Waals surface area contributed by atoms with Crippen LogP contribution in [0.25, 0.3) is 0 Å². The number of nitrogens with zero attached hydrogens (tertiary/aromatic N) is 2. The van der Waals surface area contributed by atoms with Gasteiger partial charge in [-0.15, -0.1) is 0 Å². The van der Waals surface area contributed by atoms with E-state index in [0.29, 0.717) is 15.6 Å². The molecule has 1 unspecified atom stereocenters. The molecule has 0 saturated heterocycles. The molecule has 0 aliphatic rings. The van der Waals surface area contributed by atoms with Gasteiger partial charge in [-0.05, 0) is 55.8 Å². The van der Waals surface area contributed by atoms with Gasteiger partial charge in [0, 0.05) is 23.6 Å². The van der Waals surface area contributed by atoms with Gasteiger partial charge in [-0.3, -0.25) is 13.9 Å². The Hall–Kier alpha value is -3.27. The third kappa shape index (κ3) is 6.59. The second-order valence-electron chi connectivity index (χ2n) is 8.54. The number of hydrogen-bond acceptors (Lipinski definition) is 5. The topological polar surface area (TPSA) is 96.0 Å². The first-order valence-corrected chi connectivity index (χ1v) is 13.9. The Bertz CT molecular complexity index is 1410. The quantitative estimate of drug-likeness (QED) is 0.378. The van der Waals surface area contributed by atoms with Crippen LogP contribution in [-0.4, -0.2) is 51.9 Å². The summed E-state index contributed by atoms with van der Waals surface area (Å²) in [6.07, 6.45) is 0. The predicted molar refractivity (Wildman–Crippen MR) is 149 cm³/mol. The highest BCUT2D eigenvalue weighted by molar-refractivity contribution is 7.92. The lowest BCUT2D eigenvalue weighted by Crippen LogP contribution is -2.50. The van der Waals surface area contributed by atoms with Crippen molar-refractivity contribution in [3.05, 3.63) is 87.9 Å². The molecule has 0 saturated carbocycles. The van der Waals surface area contributed by atoms with E-state index < -0.39 is 34.4 Å². The molecule has 3 aromatic carbocycles. The van der Waals surface area contributed by atoms with Crippen LogP contribution in [0.5, 0.6) is 5.75 Å². The highest BCUT2D eigenvalue weighted by Crippen LogP contribution is 2.33. The summed E-state index contributed by atoms with van der Waals surface area (Å²) in [5, 5.41) is 3.27. The molecule has 8 nitrogen and oxygen atoms in total. The molecular formula is C27H29Cl2N3O5S. The largest absolute Gasteiger partial charge is 0.495 e. The first-order chi connectivity index (χ1) is 18.0. The van der Waals surface area contributed by atoms with Gasteiger partial charge in [0.15, 0.2) is 0 Å². The number of carbonyl (C=O) groups excluding carboxylic acids is 2. The maximum absolute atomic E-state index is 13.9. The number of sulfonamides is 1. The fraction of sp³-hybridized carbons (Fsp3) is 0.259. The number of nitrogens with one attached hydrogen (secondary N) is 1. The Morgan fingerprint density at radius 3 is 2.29 bits per heavy atom. The second kappa shape index (κ2) is 12.5. The molecule has 0 radical (unpaired) electrons. The number of carbonyl (C=O) groups is 2. The van der Waals surface area contributed by atoms with Crippen molar-refractivity contribution in [1.82, 2.24) is 10.2 Å². The van der Waals surface area contributed by atoms with Gasteiger partial charge < -0.3 is 15.0 Å². The number of anilines is 1. The van der Waals surface area contributed by atoms with Gasteiger partial charge >= 0.3 is 0 Å². The van der Waals surface area contributed by atoms with Crippen LogP contribution in [-0.2, 0) is 26.2 Å². The standard InChI is InChI=1S/C27H29Cl2N3O5S/c1-18-9-13-22(14-10-18)38(35,36)32(24-7-5-6-8-25(24)37-4)17-26(33)31(19(2)27(34)30-3)16-20-11-12-21(28)15-23(20)29/h5-15,19H,16-17H2,1-4H3,(H,30,34). The van der Waals surface area contributed by atoms with E-state index in [2.05, 4.69) is 5.32 Å². The number of benzene rings is 3. The van der Waals surface area contributed by atoms with E-state index in [4.69, 9.17) is 27.9 Å². The SMILES string of the molecule is CNC(=O)C(C)N(Cc1ccc(Cl)cc1Cl)C(=O)CN(c1ccccc1OC)S(=O)(=O)c1ccc(C)cc1. The van der Waals surface area contributed by atoms with E-state index in [1.165, 1.54) is 37.3 Å². The summed E-state index contributed by atoms with van der Waals surface area (Å²) in [5.74, 6) is -0.773. The van der Waals surface area contributed by atoms with Crippen LogP contribution >= 0.6 is 23.2 Å². The van der Waals surface area contributed by atoms with Gasteiger partial charge in [-0.1, -0.05) is 59.1 Å². The molecule has 0 aromatic heterocycles. The molecule has 0 aliphatic carbocycles. The van der Waals surface area contributed by atoms with Crippen molar-refractivity contribution in [3.63, 3.8) is 0 Å². The van der Waals surface area contributed by atoms with Crippen LogP contribution in [0, 0.1) is 6.92 Å². The zero-order chi connectivity index (χ0) is 28.0. The highest BCUT2D eigenvalue weighted by Gasteiger charge is 2.33. The summed E-state index contributed by atoms with van der Waals surface area (Å²) in [4.78, 5) is 27.7. The van der Waals surface area contributed by atoms with E-state index in [-0.39, 0.29) is 22.9 Å². The van der Waals surface area contributed by atoms with Gasteiger partial charge in [0.2, 0.25) is 11.8 Å². The van der Waals surface area contributed by atoms with E-state index in [0.717, 1.165) is 9.87 Å². The minimum absolute atomic E-state index is 0.00783. The first-order valence-electron chi connectivity index (χ1n) is 11.7.